The number of rotatable bonds is 5. The summed E-state index contributed by atoms with van der Waals surface area (Å²) in [5, 5.41) is 4.12. The van der Waals surface area contributed by atoms with Gasteiger partial charge in [0.25, 0.3) is 0 Å². The van der Waals surface area contributed by atoms with Gasteiger partial charge in [-0.3, -0.25) is 9.48 Å². The highest BCUT2D eigenvalue weighted by atomic mass is 16.6. The van der Waals surface area contributed by atoms with Crippen LogP contribution in [0.1, 0.15) is 30.4 Å². The molecule has 0 bridgehead atoms. The summed E-state index contributed by atoms with van der Waals surface area (Å²) in [6.07, 6.45) is 9.82. The Hall–Kier alpha value is -2.44. The molecule has 2 aliphatic rings. The first-order valence-corrected chi connectivity index (χ1v) is 9.90. The second-order valence-electron chi connectivity index (χ2n) is 7.62. The average molecular weight is 381 g/mol. The maximum absolute atomic E-state index is 12.7. The summed E-state index contributed by atoms with van der Waals surface area (Å²) >= 11 is 0. The van der Waals surface area contributed by atoms with Crippen LogP contribution in [0.4, 0.5) is 0 Å². The highest BCUT2D eigenvalue weighted by molar-refractivity contribution is 5.91. The number of carbonyl (C=O) groups is 1. The highest BCUT2D eigenvalue weighted by Crippen LogP contribution is 2.38. The lowest BCUT2D eigenvalue weighted by molar-refractivity contribution is -0.165. The van der Waals surface area contributed by atoms with Gasteiger partial charge in [0.15, 0.2) is 0 Å². The standard InChI is InChI=1S/C22H27N3O3/c1-24-15-19(14-23-24)8-9-21(26)25-12-11-22(10-5-13-28-22)20(16-25)27-17-18-6-3-2-4-7-18/h2-4,6-9,14-15,20H,5,10-13,16-17H2,1H3/b9-8+/t20-,22-/m0/s1. The van der Waals surface area contributed by atoms with Gasteiger partial charge in [-0.15, -0.1) is 0 Å². The fourth-order valence-corrected chi connectivity index (χ4v) is 4.09. The molecule has 2 atom stereocenters. The molecule has 0 aliphatic carbocycles. The summed E-state index contributed by atoms with van der Waals surface area (Å²) < 4.78 is 14.2. The predicted molar refractivity (Wildman–Crippen MR) is 106 cm³/mol. The van der Waals surface area contributed by atoms with Crippen molar-refractivity contribution in [2.45, 2.75) is 37.6 Å². The number of benzene rings is 1. The summed E-state index contributed by atoms with van der Waals surface area (Å²) in [5.41, 5.74) is 1.80. The summed E-state index contributed by atoms with van der Waals surface area (Å²) in [7, 11) is 1.86. The molecule has 4 rings (SSSR count). The highest BCUT2D eigenvalue weighted by Gasteiger charge is 2.47. The van der Waals surface area contributed by atoms with Crippen molar-refractivity contribution in [3.63, 3.8) is 0 Å². The van der Waals surface area contributed by atoms with Gasteiger partial charge < -0.3 is 14.4 Å². The van der Waals surface area contributed by atoms with Crippen LogP contribution in [0.2, 0.25) is 0 Å². The minimum Gasteiger partial charge on any atom is -0.372 e. The minimum absolute atomic E-state index is 0.00464. The molecule has 1 aromatic carbocycles. The first-order valence-electron chi connectivity index (χ1n) is 9.90. The lowest BCUT2D eigenvalue weighted by Gasteiger charge is -2.44. The van der Waals surface area contributed by atoms with Crippen molar-refractivity contribution in [3.8, 4) is 0 Å². The molecule has 1 amide bonds. The number of carbonyl (C=O) groups excluding carboxylic acids is 1. The monoisotopic (exact) mass is 381 g/mol. The molecule has 0 saturated carbocycles. The summed E-state index contributed by atoms with van der Waals surface area (Å²) in [5.74, 6) is 0.00464. The van der Waals surface area contributed by atoms with E-state index in [4.69, 9.17) is 9.47 Å². The smallest absolute Gasteiger partial charge is 0.246 e. The maximum atomic E-state index is 12.7. The van der Waals surface area contributed by atoms with Gasteiger partial charge >= 0.3 is 0 Å². The quantitative estimate of drug-likeness (QED) is 0.748. The van der Waals surface area contributed by atoms with Gasteiger partial charge in [0.1, 0.15) is 6.10 Å². The van der Waals surface area contributed by atoms with E-state index < -0.39 is 0 Å². The molecule has 0 unspecified atom stereocenters. The van der Waals surface area contributed by atoms with Crippen LogP contribution in [0.3, 0.4) is 0 Å². The van der Waals surface area contributed by atoms with Gasteiger partial charge in [-0.1, -0.05) is 30.3 Å². The first kappa shape index (κ1) is 18.9. The van der Waals surface area contributed by atoms with Crippen molar-refractivity contribution in [2.24, 2.45) is 7.05 Å². The lowest BCUT2D eigenvalue weighted by Crippen LogP contribution is -2.57. The molecule has 28 heavy (non-hydrogen) atoms. The molecule has 1 spiro atoms. The largest absolute Gasteiger partial charge is 0.372 e. The zero-order chi connectivity index (χ0) is 19.4. The molecular formula is C22H27N3O3. The molecule has 3 heterocycles. The number of nitrogens with zero attached hydrogens (tertiary/aromatic N) is 3. The second kappa shape index (κ2) is 8.29. The summed E-state index contributed by atoms with van der Waals surface area (Å²) in [6.45, 7) is 2.56. The normalized spacial score (nSPS) is 25.0. The number of piperidine rings is 1. The van der Waals surface area contributed by atoms with E-state index in [0.29, 0.717) is 19.7 Å². The molecule has 0 radical (unpaired) electrons. The van der Waals surface area contributed by atoms with Crippen molar-refractivity contribution in [1.29, 1.82) is 0 Å². The summed E-state index contributed by atoms with van der Waals surface area (Å²) in [4.78, 5) is 14.6. The van der Waals surface area contributed by atoms with Crippen molar-refractivity contribution in [2.75, 3.05) is 19.7 Å². The Morgan fingerprint density at radius 1 is 1.36 bits per heavy atom. The number of amides is 1. The number of hydrogen-bond acceptors (Lipinski definition) is 4. The molecule has 0 N–H and O–H groups in total. The van der Waals surface area contributed by atoms with Gasteiger partial charge in [0, 0.05) is 44.6 Å². The Morgan fingerprint density at radius 3 is 2.93 bits per heavy atom. The van der Waals surface area contributed by atoms with E-state index in [0.717, 1.165) is 37.0 Å². The summed E-state index contributed by atoms with van der Waals surface area (Å²) in [6, 6.07) is 10.1. The molecule has 2 aliphatic heterocycles. The average Bonchev–Trinajstić information content (AvgIpc) is 3.36. The Bertz CT molecular complexity index is 825. The van der Waals surface area contributed by atoms with Gasteiger partial charge in [0.05, 0.1) is 18.4 Å². The van der Waals surface area contributed by atoms with E-state index >= 15 is 0 Å². The zero-order valence-corrected chi connectivity index (χ0v) is 16.3. The van der Waals surface area contributed by atoms with E-state index in [1.807, 2.05) is 42.4 Å². The molecular weight excluding hydrogens is 354 g/mol. The molecule has 1 aromatic heterocycles. The van der Waals surface area contributed by atoms with E-state index in [1.54, 1.807) is 17.0 Å². The van der Waals surface area contributed by atoms with E-state index in [-0.39, 0.29) is 17.6 Å². The molecule has 6 heteroatoms. The Morgan fingerprint density at radius 2 is 2.21 bits per heavy atom. The molecule has 2 fully saturated rings. The number of aryl methyl sites for hydroxylation is 1. The molecule has 148 valence electrons. The van der Waals surface area contributed by atoms with Crippen LogP contribution in [0.15, 0.2) is 48.8 Å². The van der Waals surface area contributed by atoms with Crippen LogP contribution in [0.25, 0.3) is 6.08 Å². The third-order valence-electron chi connectivity index (χ3n) is 5.66. The number of likely N-dealkylation sites (tertiary alicyclic amines) is 1. The van der Waals surface area contributed by atoms with E-state index in [9.17, 15) is 4.79 Å². The Kier molecular flexibility index (Phi) is 5.59. The predicted octanol–water partition coefficient (Wildman–Crippen LogP) is 2.80. The number of hydrogen-bond donors (Lipinski definition) is 0. The van der Waals surface area contributed by atoms with Gasteiger partial charge in [0.2, 0.25) is 5.91 Å². The second-order valence-corrected chi connectivity index (χ2v) is 7.62. The molecule has 2 saturated heterocycles. The van der Waals surface area contributed by atoms with Crippen molar-refractivity contribution >= 4 is 12.0 Å². The van der Waals surface area contributed by atoms with Crippen LogP contribution in [-0.2, 0) is 27.9 Å². The van der Waals surface area contributed by atoms with Crippen molar-refractivity contribution in [1.82, 2.24) is 14.7 Å². The van der Waals surface area contributed by atoms with E-state index in [1.165, 1.54) is 0 Å². The van der Waals surface area contributed by atoms with Crippen molar-refractivity contribution < 1.29 is 14.3 Å². The van der Waals surface area contributed by atoms with Crippen LogP contribution in [0.5, 0.6) is 0 Å². The number of ether oxygens (including phenoxy) is 2. The third kappa shape index (κ3) is 4.18. The van der Waals surface area contributed by atoms with Gasteiger partial charge in [-0.2, -0.15) is 5.10 Å². The molecule has 2 aromatic rings. The van der Waals surface area contributed by atoms with E-state index in [2.05, 4.69) is 17.2 Å². The fraction of sp³-hybridized carbons (Fsp3) is 0.455. The van der Waals surface area contributed by atoms with Crippen LogP contribution < -0.4 is 0 Å². The zero-order valence-electron chi connectivity index (χ0n) is 16.3. The first-order chi connectivity index (χ1) is 13.6. The van der Waals surface area contributed by atoms with Gasteiger partial charge in [-0.05, 0) is 30.9 Å². The van der Waals surface area contributed by atoms with Crippen LogP contribution in [0, 0.1) is 0 Å². The maximum Gasteiger partial charge on any atom is 0.246 e. The van der Waals surface area contributed by atoms with Crippen LogP contribution in [-0.4, -0.2) is 52.0 Å². The fourth-order valence-electron chi connectivity index (χ4n) is 4.09. The third-order valence-corrected chi connectivity index (χ3v) is 5.66. The Labute approximate surface area is 165 Å². The SMILES string of the molecule is Cn1cc(/C=C/C(=O)N2CC[C@@]3(CCCO3)[C@@H](OCc3ccccc3)C2)cn1. The molecule has 6 nitrogen and oxygen atoms in total. The van der Waals surface area contributed by atoms with Gasteiger partial charge in [-0.25, -0.2) is 0 Å². The lowest BCUT2D eigenvalue weighted by atomic mass is 9.85. The Balaban J connectivity index is 1.42. The van der Waals surface area contributed by atoms with Crippen molar-refractivity contribution in [3.05, 3.63) is 59.9 Å². The van der Waals surface area contributed by atoms with Crippen LogP contribution >= 0.6 is 0 Å². The topological polar surface area (TPSA) is 56.6 Å². The minimum atomic E-state index is -0.251. The number of aromatic nitrogens is 2.